The second-order valence-corrected chi connectivity index (χ2v) is 22.8. The van der Waals surface area contributed by atoms with Crippen LogP contribution in [0.4, 0.5) is 4.79 Å². The van der Waals surface area contributed by atoms with Crippen molar-refractivity contribution < 1.29 is 27.9 Å². The van der Waals surface area contributed by atoms with E-state index >= 15 is 0 Å². The number of ether oxygens (including phenoxy) is 2. The van der Waals surface area contributed by atoms with E-state index < -0.39 is 34.3 Å². The third-order valence-corrected chi connectivity index (χ3v) is 16.1. The van der Waals surface area contributed by atoms with Crippen LogP contribution in [-0.2, 0) is 23.1 Å². The standard InChI is InChI=1S/C25H49NO6Si2/c1-23(2,3)31-22(28)26-16-19(21(27)29-10)20(32-34(13,14)25(7,8)9)15-18(26)17-30-33(11,12)24(4,5)6/h18H,15-17H2,1-14H3/t18-/m0/s1. The highest BCUT2D eigenvalue weighted by Gasteiger charge is 2.45. The quantitative estimate of drug-likeness (QED) is 0.298. The van der Waals surface area contributed by atoms with E-state index in [1.165, 1.54) is 7.11 Å². The first-order chi connectivity index (χ1) is 15.0. The summed E-state index contributed by atoms with van der Waals surface area (Å²) in [7, 11) is -2.94. The minimum atomic E-state index is -2.23. The summed E-state index contributed by atoms with van der Waals surface area (Å²) < 4.78 is 23.9. The Morgan fingerprint density at radius 1 is 0.912 bits per heavy atom. The Bertz CT molecular complexity index is 785. The molecule has 0 fully saturated rings. The summed E-state index contributed by atoms with van der Waals surface area (Å²) in [4.78, 5) is 27.6. The van der Waals surface area contributed by atoms with Crippen molar-refractivity contribution in [3.05, 3.63) is 11.3 Å². The summed E-state index contributed by atoms with van der Waals surface area (Å²) in [6.45, 7) is 27.6. The molecule has 0 spiro atoms. The van der Waals surface area contributed by atoms with Crippen molar-refractivity contribution in [3.63, 3.8) is 0 Å². The maximum atomic E-state index is 13.2. The molecular weight excluding hydrogens is 466 g/mol. The number of esters is 1. The van der Waals surface area contributed by atoms with Crippen LogP contribution in [0.3, 0.4) is 0 Å². The van der Waals surface area contributed by atoms with Gasteiger partial charge >= 0.3 is 12.1 Å². The normalized spacial score (nSPS) is 18.6. The number of hydrogen-bond donors (Lipinski definition) is 0. The number of methoxy groups -OCH3 is 1. The summed E-state index contributed by atoms with van der Waals surface area (Å²) in [5, 5.41) is -0.0113. The van der Waals surface area contributed by atoms with Crippen LogP contribution < -0.4 is 0 Å². The SMILES string of the molecule is COC(=O)C1=C(O[Si](C)(C)C(C)(C)C)C[C@@H](CO[Si](C)(C)C(C)(C)C)N(C(=O)OC(C)(C)C)C1. The van der Waals surface area contributed by atoms with E-state index in [0.717, 1.165) is 0 Å². The second kappa shape index (κ2) is 10.3. The van der Waals surface area contributed by atoms with Gasteiger partial charge in [-0.1, -0.05) is 41.5 Å². The molecule has 7 nitrogen and oxygen atoms in total. The number of nitrogens with zero attached hydrogens (tertiary/aromatic N) is 1. The molecule has 0 radical (unpaired) electrons. The predicted octanol–water partition coefficient (Wildman–Crippen LogP) is 6.47. The third kappa shape index (κ3) is 7.85. The van der Waals surface area contributed by atoms with E-state index in [1.807, 2.05) is 20.8 Å². The summed E-state index contributed by atoms with van der Waals surface area (Å²) >= 11 is 0. The zero-order valence-electron chi connectivity index (χ0n) is 24.1. The average Bonchev–Trinajstić information content (AvgIpc) is 2.62. The highest BCUT2D eigenvalue weighted by atomic mass is 28.4. The Hall–Kier alpha value is -1.33. The zero-order chi connectivity index (χ0) is 26.9. The molecule has 1 rings (SSSR count). The Morgan fingerprint density at radius 2 is 1.41 bits per heavy atom. The van der Waals surface area contributed by atoms with Gasteiger partial charge in [-0.05, 0) is 57.0 Å². The van der Waals surface area contributed by atoms with E-state index in [0.29, 0.717) is 24.4 Å². The molecule has 0 aliphatic carbocycles. The van der Waals surface area contributed by atoms with E-state index in [1.54, 1.807) is 4.90 Å². The molecule has 1 amide bonds. The molecule has 0 unspecified atom stereocenters. The number of rotatable bonds is 6. The molecule has 34 heavy (non-hydrogen) atoms. The summed E-state index contributed by atoms with van der Waals surface area (Å²) in [5.74, 6) is 0.133. The molecule has 1 heterocycles. The number of hydrogen-bond acceptors (Lipinski definition) is 6. The smallest absolute Gasteiger partial charge is 0.410 e. The van der Waals surface area contributed by atoms with Crippen molar-refractivity contribution in [3.8, 4) is 0 Å². The van der Waals surface area contributed by atoms with Gasteiger partial charge in [0.1, 0.15) is 5.60 Å². The first kappa shape index (κ1) is 30.7. The molecule has 0 bridgehead atoms. The third-order valence-electron chi connectivity index (χ3n) is 7.21. The molecule has 0 aromatic heterocycles. The van der Waals surface area contributed by atoms with Crippen molar-refractivity contribution >= 4 is 28.7 Å². The molecular formula is C25H49NO6Si2. The van der Waals surface area contributed by atoms with Gasteiger partial charge in [-0.3, -0.25) is 4.90 Å². The molecule has 0 aromatic carbocycles. The molecule has 198 valence electrons. The molecule has 1 atom stereocenters. The average molecular weight is 516 g/mol. The maximum Gasteiger partial charge on any atom is 0.410 e. The van der Waals surface area contributed by atoms with Gasteiger partial charge in [-0.25, -0.2) is 9.59 Å². The lowest BCUT2D eigenvalue weighted by atomic mass is 10.0. The molecule has 0 saturated carbocycles. The van der Waals surface area contributed by atoms with E-state index in [-0.39, 0.29) is 22.7 Å². The van der Waals surface area contributed by atoms with Gasteiger partial charge in [0.05, 0.1) is 37.6 Å². The van der Waals surface area contributed by atoms with Crippen LogP contribution >= 0.6 is 0 Å². The topological polar surface area (TPSA) is 74.3 Å². The van der Waals surface area contributed by atoms with Crippen LogP contribution in [0.5, 0.6) is 0 Å². The summed E-state index contributed by atoms with van der Waals surface area (Å²) in [5.41, 5.74) is -0.281. The van der Waals surface area contributed by atoms with Gasteiger partial charge in [-0.2, -0.15) is 0 Å². The lowest BCUT2D eigenvalue weighted by Gasteiger charge is -2.44. The molecule has 0 N–H and O–H groups in total. The van der Waals surface area contributed by atoms with Gasteiger partial charge < -0.3 is 18.3 Å². The van der Waals surface area contributed by atoms with Gasteiger partial charge in [0.2, 0.25) is 8.32 Å². The van der Waals surface area contributed by atoms with Crippen LogP contribution in [0.1, 0.15) is 68.7 Å². The van der Waals surface area contributed by atoms with Gasteiger partial charge in [0, 0.05) is 6.42 Å². The summed E-state index contributed by atoms with van der Waals surface area (Å²) in [6, 6.07) is -0.308. The maximum absolute atomic E-state index is 13.2. The van der Waals surface area contributed by atoms with Crippen molar-refractivity contribution in [2.24, 2.45) is 0 Å². The first-order valence-corrected chi connectivity index (χ1v) is 18.0. The molecule has 0 aromatic rings. The van der Waals surface area contributed by atoms with Gasteiger partial charge in [-0.15, -0.1) is 0 Å². The highest BCUT2D eigenvalue weighted by Crippen LogP contribution is 2.41. The number of carbonyl (C=O) groups is 2. The van der Waals surface area contributed by atoms with Crippen LogP contribution in [0.15, 0.2) is 11.3 Å². The van der Waals surface area contributed by atoms with Crippen LogP contribution in [-0.4, -0.2) is 65.5 Å². The lowest BCUT2D eigenvalue weighted by Crippen LogP contribution is -2.53. The minimum Gasteiger partial charge on any atom is -0.546 e. The van der Waals surface area contributed by atoms with Crippen LogP contribution in [0, 0.1) is 0 Å². The summed E-state index contributed by atoms with van der Waals surface area (Å²) in [6.07, 6.45) is -0.0886. The molecule has 1 aliphatic rings. The molecule has 0 saturated heterocycles. The second-order valence-electron chi connectivity index (χ2n) is 13.3. The van der Waals surface area contributed by atoms with Crippen molar-refractivity contribution in [2.45, 2.75) is 117 Å². The fourth-order valence-electron chi connectivity index (χ4n) is 2.91. The first-order valence-electron chi connectivity index (χ1n) is 12.2. The number of carbonyl (C=O) groups excluding carboxylic acids is 2. The Morgan fingerprint density at radius 3 is 1.82 bits per heavy atom. The molecule has 1 aliphatic heterocycles. The van der Waals surface area contributed by atoms with E-state index in [2.05, 4.69) is 67.7 Å². The highest BCUT2D eigenvalue weighted by molar-refractivity contribution is 6.74. The Labute approximate surface area is 209 Å². The fourth-order valence-corrected chi connectivity index (χ4v) is 5.08. The molecule has 9 heteroatoms. The largest absolute Gasteiger partial charge is 0.546 e. The zero-order valence-corrected chi connectivity index (χ0v) is 26.1. The fraction of sp³-hybridized carbons (Fsp3) is 0.840. The lowest BCUT2D eigenvalue weighted by molar-refractivity contribution is -0.136. The van der Waals surface area contributed by atoms with Crippen molar-refractivity contribution in [1.82, 2.24) is 4.90 Å². The predicted molar refractivity (Wildman–Crippen MR) is 142 cm³/mol. The van der Waals surface area contributed by atoms with E-state index in [4.69, 9.17) is 18.3 Å². The van der Waals surface area contributed by atoms with Crippen molar-refractivity contribution in [1.29, 1.82) is 0 Å². The minimum absolute atomic E-state index is 0.0336. The van der Waals surface area contributed by atoms with E-state index in [9.17, 15) is 9.59 Å². The Kier molecular flexibility index (Phi) is 9.34. The number of amides is 1. The van der Waals surface area contributed by atoms with Crippen molar-refractivity contribution in [2.75, 3.05) is 20.3 Å². The van der Waals surface area contributed by atoms with Gasteiger partial charge in [0.15, 0.2) is 8.32 Å². The Balaban J connectivity index is 3.45. The monoisotopic (exact) mass is 515 g/mol. The van der Waals surface area contributed by atoms with Gasteiger partial charge in [0.25, 0.3) is 0 Å². The van der Waals surface area contributed by atoms with Crippen LogP contribution in [0.2, 0.25) is 36.3 Å². The van der Waals surface area contributed by atoms with Crippen LogP contribution in [0.25, 0.3) is 0 Å².